The Labute approximate surface area is 140 Å². The highest BCUT2D eigenvalue weighted by Crippen LogP contribution is 2.33. The van der Waals surface area contributed by atoms with E-state index in [0.717, 1.165) is 23.3 Å². The van der Waals surface area contributed by atoms with E-state index in [1.807, 2.05) is 0 Å². The molecule has 0 saturated carbocycles. The van der Waals surface area contributed by atoms with Gasteiger partial charge >= 0.3 is 0 Å². The average Bonchev–Trinajstić information content (AvgIpc) is 3.19. The molecule has 3 heterocycles. The minimum atomic E-state index is 0.0418. The number of rotatable bonds is 1. The predicted molar refractivity (Wildman–Crippen MR) is 95.4 cm³/mol. The quantitative estimate of drug-likeness (QED) is 0.551. The maximum atomic E-state index is 6.19. The van der Waals surface area contributed by atoms with E-state index in [-0.39, 0.29) is 6.04 Å². The largest absolute Gasteiger partial charge is 0.459 e. The number of fused-ring (bicyclic) bond motifs is 4. The Balaban J connectivity index is 1.67. The van der Waals surface area contributed by atoms with Crippen molar-refractivity contribution in [3.05, 3.63) is 89.4 Å². The van der Waals surface area contributed by atoms with E-state index in [0.29, 0.717) is 0 Å². The normalized spacial score (nSPS) is 16.6. The van der Waals surface area contributed by atoms with Crippen molar-refractivity contribution < 1.29 is 4.42 Å². The number of aromatic nitrogens is 1. The molecule has 1 aliphatic rings. The predicted octanol–water partition coefficient (Wildman–Crippen LogP) is 4.72. The summed E-state index contributed by atoms with van der Waals surface area (Å²) in [5.74, 6) is 0.961. The van der Waals surface area contributed by atoms with Crippen molar-refractivity contribution in [2.75, 3.05) is 0 Å². The average molecular weight is 314 g/mol. The zero-order valence-electron chi connectivity index (χ0n) is 13.5. The zero-order valence-corrected chi connectivity index (χ0v) is 13.5. The van der Waals surface area contributed by atoms with Gasteiger partial charge in [-0.05, 0) is 48.4 Å². The molecule has 5 rings (SSSR count). The molecule has 0 aliphatic carbocycles. The summed E-state index contributed by atoms with van der Waals surface area (Å²) in [6, 6.07) is 21.3. The van der Waals surface area contributed by atoms with Crippen molar-refractivity contribution in [1.29, 1.82) is 0 Å². The molecule has 0 saturated heterocycles. The first-order valence-electron chi connectivity index (χ1n) is 8.28. The highest BCUT2D eigenvalue weighted by molar-refractivity contribution is 5.78. The molecule has 3 heteroatoms. The summed E-state index contributed by atoms with van der Waals surface area (Å²) in [5, 5.41) is 4.81. The van der Waals surface area contributed by atoms with Crippen LogP contribution >= 0.6 is 0 Å². The molecule has 2 aromatic heterocycles. The summed E-state index contributed by atoms with van der Waals surface area (Å²) >= 11 is 0. The first-order chi connectivity index (χ1) is 11.8. The van der Waals surface area contributed by atoms with Crippen LogP contribution in [-0.2, 0) is 6.54 Å². The van der Waals surface area contributed by atoms with Gasteiger partial charge in [0.25, 0.3) is 0 Å². The Bertz CT molecular complexity index is 1040. The lowest BCUT2D eigenvalue weighted by atomic mass is 10.1. The third-order valence-corrected chi connectivity index (χ3v) is 4.80. The van der Waals surface area contributed by atoms with Gasteiger partial charge in [0.05, 0.1) is 0 Å². The van der Waals surface area contributed by atoms with E-state index in [2.05, 4.69) is 83.7 Å². The summed E-state index contributed by atoms with van der Waals surface area (Å²) in [4.78, 5) is 0. The number of hydrogen-bond acceptors (Lipinski definition) is 2. The van der Waals surface area contributed by atoms with Crippen molar-refractivity contribution >= 4 is 11.0 Å². The highest BCUT2D eigenvalue weighted by Gasteiger charge is 2.25. The fourth-order valence-corrected chi connectivity index (χ4v) is 3.61. The number of hydrogen-bond donors (Lipinski definition) is 1. The van der Waals surface area contributed by atoms with Crippen LogP contribution in [0.5, 0.6) is 0 Å². The molecule has 4 aromatic rings. The first-order valence-corrected chi connectivity index (χ1v) is 8.28. The smallest absolute Gasteiger partial charge is 0.134 e. The van der Waals surface area contributed by atoms with Crippen molar-refractivity contribution in [2.45, 2.75) is 19.5 Å². The van der Waals surface area contributed by atoms with Gasteiger partial charge in [0, 0.05) is 29.5 Å². The summed E-state index contributed by atoms with van der Waals surface area (Å²) < 4.78 is 8.46. The molecule has 0 bridgehead atoms. The van der Waals surface area contributed by atoms with Gasteiger partial charge in [0.2, 0.25) is 0 Å². The number of nitrogens with one attached hydrogen (secondary N) is 1. The molecule has 0 amide bonds. The van der Waals surface area contributed by atoms with Crippen LogP contribution in [-0.4, -0.2) is 4.57 Å². The SMILES string of the molecule is Cc1ccc2cc(C3NCc4ccccc4-n4cccc43)oc2c1. The molecule has 0 fully saturated rings. The second-order valence-electron chi connectivity index (χ2n) is 6.44. The van der Waals surface area contributed by atoms with Crippen molar-refractivity contribution in [2.24, 2.45) is 0 Å². The third-order valence-electron chi connectivity index (χ3n) is 4.80. The summed E-state index contributed by atoms with van der Waals surface area (Å²) in [6.07, 6.45) is 2.13. The molecular formula is C21H18N2O. The van der Waals surface area contributed by atoms with Gasteiger partial charge in [-0.15, -0.1) is 0 Å². The number of para-hydroxylation sites is 1. The van der Waals surface area contributed by atoms with Gasteiger partial charge in [-0.3, -0.25) is 5.32 Å². The number of benzene rings is 2. The summed E-state index contributed by atoms with van der Waals surface area (Å²) in [7, 11) is 0. The van der Waals surface area contributed by atoms with Crippen LogP contribution in [0.3, 0.4) is 0 Å². The lowest BCUT2D eigenvalue weighted by Crippen LogP contribution is -2.20. The fraction of sp³-hybridized carbons (Fsp3) is 0.143. The molecule has 1 atom stereocenters. The van der Waals surface area contributed by atoms with Gasteiger partial charge in [0.1, 0.15) is 17.4 Å². The minimum absolute atomic E-state index is 0.0418. The van der Waals surface area contributed by atoms with E-state index in [1.165, 1.54) is 22.5 Å². The van der Waals surface area contributed by atoms with Crippen molar-refractivity contribution in [1.82, 2.24) is 9.88 Å². The van der Waals surface area contributed by atoms with Crippen LogP contribution in [0.25, 0.3) is 16.7 Å². The Hall–Kier alpha value is -2.78. The van der Waals surface area contributed by atoms with Crippen LogP contribution in [0.15, 0.2) is 71.3 Å². The van der Waals surface area contributed by atoms with Gasteiger partial charge in [0.15, 0.2) is 0 Å². The summed E-state index contributed by atoms with van der Waals surface area (Å²) in [6.45, 7) is 2.91. The molecule has 2 aromatic carbocycles. The number of furan rings is 1. The molecule has 118 valence electrons. The summed E-state index contributed by atoms with van der Waals surface area (Å²) in [5.41, 5.74) is 5.90. The van der Waals surface area contributed by atoms with E-state index in [9.17, 15) is 0 Å². The van der Waals surface area contributed by atoms with Crippen molar-refractivity contribution in [3.8, 4) is 5.69 Å². The van der Waals surface area contributed by atoms with Crippen LogP contribution in [0, 0.1) is 6.92 Å². The highest BCUT2D eigenvalue weighted by atomic mass is 16.3. The topological polar surface area (TPSA) is 30.1 Å². The number of nitrogens with zero attached hydrogens (tertiary/aromatic N) is 1. The second kappa shape index (κ2) is 5.11. The maximum Gasteiger partial charge on any atom is 0.134 e. The van der Waals surface area contributed by atoms with E-state index < -0.39 is 0 Å². The second-order valence-corrected chi connectivity index (χ2v) is 6.44. The van der Waals surface area contributed by atoms with Crippen LogP contribution < -0.4 is 5.32 Å². The van der Waals surface area contributed by atoms with E-state index in [1.54, 1.807) is 0 Å². The molecule has 0 radical (unpaired) electrons. The lowest BCUT2D eigenvalue weighted by Gasteiger charge is -2.14. The standard InChI is InChI=1S/C21H18N2O/c1-14-8-9-15-12-20(24-19(15)11-14)21-18-7-4-10-23(18)17-6-3-2-5-16(17)13-22-21/h2-12,21-22H,13H2,1H3. The van der Waals surface area contributed by atoms with Crippen LogP contribution in [0.2, 0.25) is 0 Å². The van der Waals surface area contributed by atoms with Gasteiger partial charge in [-0.2, -0.15) is 0 Å². The zero-order chi connectivity index (χ0) is 16.1. The van der Waals surface area contributed by atoms with Gasteiger partial charge in [-0.25, -0.2) is 0 Å². The molecule has 1 unspecified atom stereocenters. The lowest BCUT2D eigenvalue weighted by molar-refractivity contribution is 0.465. The van der Waals surface area contributed by atoms with Gasteiger partial charge < -0.3 is 8.98 Å². The molecule has 24 heavy (non-hydrogen) atoms. The van der Waals surface area contributed by atoms with Crippen LogP contribution in [0.1, 0.15) is 28.6 Å². The maximum absolute atomic E-state index is 6.19. The molecule has 1 aliphatic heterocycles. The van der Waals surface area contributed by atoms with Gasteiger partial charge in [-0.1, -0.05) is 30.3 Å². The Morgan fingerprint density at radius 2 is 1.96 bits per heavy atom. The molecular weight excluding hydrogens is 296 g/mol. The first kappa shape index (κ1) is 13.6. The molecule has 1 N–H and O–H groups in total. The van der Waals surface area contributed by atoms with Crippen LogP contribution in [0.4, 0.5) is 0 Å². The third kappa shape index (κ3) is 2.02. The Morgan fingerprint density at radius 3 is 2.92 bits per heavy atom. The monoisotopic (exact) mass is 314 g/mol. The minimum Gasteiger partial charge on any atom is -0.459 e. The van der Waals surface area contributed by atoms with E-state index >= 15 is 0 Å². The Kier molecular flexibility index (Phi) is 2.91. The van der Waals surface area contributed by atoms with Crippen molar-refractivity contribution in [3.63, 3.8) is 0 Å². The molecule has 3 nitrogen and oxygen atoms in total. The molecule has 0 spiro atoms. The fourth-order valence-electron chi connectivity index (χ4n) is 3.61. The Morgan fingerprint density at radius 1 is 1.04 bits per heavy atom. The van der Waals surface area contributed by atoms with E-state index in [4.69, 9.17) is 4.42 Å². The number of aryl methyl sites for hydroxylation is 1.